The highest BCUT2D eigenvalue weighted by Gasteiger charge is 2.45. The molecule has 4 atom stereocenters. The largest absolute Gasteiger partial charge is 0.486 e. The van der Waals surface area contributed by atoms with E-state index in [0.29, 0.717) is 37.8 Å². The van der Waals surface area contributed by atoms with Gasteiger partial charge in [-0.3, -0.25) is 9.59 Å². The number of esters is 1. The van der Waals surface area contributed by atoms with Gasteiger partial charge in [-0.15, -0.1) is 0 Å². The highest BCUT2D eigenvalue weighted by Crippen LogP contribution is 2.35. The van der Waals surface area contributed by atoms with Crippen LogP contribution >= 0.6 is 0 Å². The molecule has 0 aliphatic carbocycles. The minimum atomic E-state index is -4.15. The maximum absolute atomic E-state index is 13.3. The number of morpholine rings is 1. The Bertz CT molecular complexity index is 1000. The molecule has 4 rings (SSSR count). The van der Waals surface area contributed by atoms with Gasteiger partial charge in [0.2, 0.25) is 10.0 Å². The number of sulfonamides is 1. The van der Waals surface area contributed by atoms with Gasteiger partial charge >= 0.3 is 5.97 Å². The van der Waals surface area contributed by atoms with Crippen LogP contribution < -0.4 is 9.47 Å². The van der Waals surface area contributed by atoms with E-state index in [1.807, 2.05) is 13.8 Å². The van der Waals surface area contributed by atoms with E-state index in [0.717, 1.165) is 4.31 Å². The molecular formula is C21H28N2O9S. The van der Waals surface area contributed by atoms with Gasteiger partial charge in [-0.25, -0.2) is 8.42 Å². The number of β-amino-alcohol motifs (C(OH)–C–C–N with tert-alkyl or cyclic N) is 1. The minimum absolute atomic E-state index is 0.0916. The van der Waals surface area contributed by atoms with Crippen molar-refractivity contribution in [2.45, 2.75) is 49.5 Å². The van der Waals surface area contributed by atoms with Gasteiger partial charge in [-0.2, -0.15) is 4.31 Å². The zero-order chi connectivity index (χ0) is 23.8. The molecule has 1 aromatic carbocycles. The van der Waals surface area contributed by atoms with Crippen LogP contribution in [-0.2, 0) is 29.1 Å². The number of carbonyl (C=O) groups is 2. The molecule has 1 N–H and O–H groups in total. The van der Waals surface area contributed by atoms with Gasteiger partial charge in [0.15, 0.2) is 18.1 Å². The molecule has 1 aromatic rings. The summed E-state index contributed by atoms with van der Waals surface area (Å²) in [5.41, 5.74) is 0. The Hall–Kier alpha value is -2.41. The van der Waals surface area contributed by atoms with Crippen molar-refractivity contribution < 1.29 is 42.1 Å². The first-order valence-corrected chi connectivity index (χ1v) is 12.3. The van der Waals surface area contributed by atoms with E-state index in [9.17, 15) is 23.1 Å². The molecule has 1 amide bonds. The van der Waals surface area contributed by atoms with Crippen LogP contribution in [0.1, 0.15) is 20.3 Å². The van der Waals surface area contributed by atoms with Gasteiger partial charge in [0.05, 0.1) is 23.2 Å². The van der Waals surface area contributed by atoms with E-state index < -0.39 is 34.7 Å². The van der Waals surface area contributed by atoms with Crippen LogP contribution in [0.2, 0.25) is 0 Å². The minimum Gasteiger partial charge on any atom is -0.486 e. The molecule has 2 fully saturated rings. The normalized spacial score (nSPS) is 27.9. The van der Waals surface area contributed by atoms with Crippen LogP contribution in [0.5, 0.6) is 11.5 Å². The number of aliphatic hydroxyl groups is 1. The summed E-state index contributed by atoms with van der Waals surface area (Å²) >= 11 is 0. The van der Waals surface area contributed by atoms with Crippen LogP contribution in [-0.4, -0.2) is 98.4 Å². The molecule has 0 bridgehead atoms. The van der Waals surface area contributed by atoms with Gasteiger partial charge < -0.3 is 29.0 Å². The molecular weight excluding hydrogens is 456 g/mol. The zero-order valence-electron chi connectivity index (χ0n) is 18.5. The van der Waals surface area contributed by atoms with Crippen molar-refractivity contribution >= 4 is 21.9 Å². The Morgan fingerprint density at radius 3 is 2.45 bits per heavy atom. The first-order valence-electron chi connectivity index (χ1n) is 10.8. The fraction of sp³-hybridized carbons (Fsp3) is 0.619. The van der Waals surface area contributed by atoms with Gasteiger partial charge in [-0.1, -0.05) is 0 Å². The third-order valence-corrected chi connectivity index (χ3v) is 7.61. The van der Waals surface area contributed by atoms with Crippen LogP contribution in [0.4, 0.5) is 0 Å². The summed E-state index contributed by atoms with van der Waals surface area (Å²) in [6.45, 7) is 4.35. The Kier molecular flexibility index (Phi) is 6.80. The van der Waals surface area contributed by atoms with E-state index in [1.54, 1.807) is 4.90 Å². The highest BCUT2D eigenvalue weighted by molar-refractivity contribution is 7.89. The number of amides is 1. The van der Waals surface area contributed by atoms with Crippen molar-refractivity contribution in [3.05, 3.63) is 18.2 Å². The molecule has 11 nitrogen and oxygen atoms in total. The first-order chi connectivity index (χ1) is 15.6. The van der Waals surface area contributed by atoms with Gasteiger partial charge in [0.25, 0.3) is 5.91 Å². The van der Waals surface area contributed by atoms with Crippen LogP contribution in [0.15, 0.2) is 23.1 Å². The molecule has 182 valence electrons. The zero-order valence-corrected chi connectivity index (χ0v) is 19.3. The summed E-state index contributed by atoms with van der Waals surface area (Å²) in [5, 5.41) is 10.1. The SMILES string of the molecule is C[C@@H]1CN(C(=O)COC(=O)[C@@H]2C[C@H](O)CN2S(=O)(=O)c2ccc3c(c2)OCCO3)C[C@H](C)O1. The van der Waals surface area contributed by atoms with Gasteiger partial charge in [-0.05, 0) is 26.0 Å². The number of nitrogens with zero attached hydrogens (tertiary/aromatic N) is 2. The summed E-state index contributed by atoms with van der Waals surface area (Å²) in [7, 11) is -4.15. The number of benzene rings is 1. The van der Waals surface area contributed by atoms with E-state index in [4.69, 9.17) is 18.9 Å². The van der Waals surface area contributed by atoms with E-state index in [2.05, 4.69) is 0 Å². The van der Waals surface area contributed by atoms with Crippen molar-refractivity contribution in [2.24, 2.45) is 0 Å². The quantitative estimate of drug-likeness (QED) is 0.563. The van der Waals surface area contributed by atoms with Crippen LogP contribution in [0, 0.1) is 0 Å². The molecule has 3 aliphatic heterocycles. The Balaban J connectivity index is 1.44. The molecule has 3 aliphatic rings. The van der Waals surface area contributed by atoms with Crippen molar-refractivity contribution in [3.63, 3.8) is 0 Å². The monoisotopic (exact) mass is 484 g/mol. The molecule has 0 spiro atoms. The molecule has 0 radical (unpaired) electrons. The molecule has 0 aromatic heterocycles. The summed E-state index contributed by atoms with van der Waals surface area (Å²) in [5.74, 6) is -0.538. The number of hydrogen-bond donors (Lipinski definition) is 1. The Morgan fingerprint density at radius 1 is 1.09 bits per heavy atom. The number of fused-ring (bicyclic) bond motifs is 1. The second kappa shape index (κ2) is 9.45. The number of aliphatic hydroxyl groups excluding tert-OH is 1. The van der Waals surface area contributed by atoms with Crippen molar-refractivity contribution in [1.29, 1.82) is 0 Å². The maximum Gasteiger partial charge on any atom is 0.325 e. The topological polar surface area (TPSA) is 132 Å². The second-order valence-electron chi connectivity index (χ2n) is 8.45. The first kappa shape index (κ1) is 23.7. The lowest BCUT2D eigenvalue weighted by atomic mass is 10.2. The van der Waals surface area contributed by atoms with Gasteiger partial charge in [0, 0.05) is 32.1 Å². The fourth-order valence-corrected chi connectivity index (χ4v) is 5.93. The molecule has 33 heavy (non-hydrogen) atoms. The third kappa shape index (κ3) is 5.08. The number of ether oxygens (including phenoxy) is 4. The second-order valence-corrected chi connectivity index (χ2v) is 10.3. The Morgan fingerprint density at radius 2 is 1.76 bits per heavy atom. The summed E-state index contributed by atoms with van der Waals surface area (Å²) in [6, 6.07) is 2.94. The van der Waals surface area contributed by atoms with E-state index in [-0.39, 0.29) is 36.0 Å². The third-order valence-electron chi connectivity index (χ3n) is 5.74. The smallest absolute Gasteiger partial charge is 0.325 e. The molecule has 3 heterocycles. The average molecular weight is 485 g/mol. The predicted octanol–water partition coefficient (Wildman–Crippen LogP) is -0.239. The lowest BCUT2D eigenvalue weighted by Crippen LogP contribution is -2.50. The van der Waals surface area contributed by atoms with Crippen LogP contribution in [0.25, 0.3) is 0 Å². The number of rotatable bonds is 5. The lowest BCUT2D eigenvalue weighted by molar-refractivity contribution is -0.159. The van der Waals surface area contributed by atoms with E-state index in [1.165, 1.54) is 18.2 Å². The average Bonchev–Trinajstić information content (AvgIpc) is 3.19. The fourth-order valence-electron chi connectivity index (χ4n) is 4.29. The number of carbonyl (C=O) groups excluding carboxylic acids is 2. The van der Waals surface area contributed by atoms with Gasteiger partial charge in [0.1, 0.15) is 19.3 Å². The number of hydrogen-bond acceptors (Lipinski definition) is 9. The summed E-state index contributed by atoms with van der Waals surface area (Å²) in [6.07, 6.45) is -1.43. The molecule has 0 unspecified atom stereocenters. The van der Waals surface area contributed by atoms with Crippen LogP contribution in [0.3, 0.4) is 0 Å². The highest BCUT2D eigenvalue weighted by atomic mass is 32.2. The van der Waals surface area contributed by atoms with Crippen molar-refractivity contribution in [3.8, 4) is 11.5 Å². The molecule has 12 heteroatoms. The lowest BCUT2D eigenvalue weighted by Gasteiger charge is -2.35. The van der Waals surface area contributed by atoms with E-state index >= 15 is 0 Å². The molecule has 0 saturated carbocycles. The maximum atomic E-state index is 13.3. The summed E-state index contributed by atoms with van der Waals surface area (Å²) in [4.78, 5) is 26.7. The molecule has 2 saturated heterocycles. The van der Waals surface area contributed by atoms with Crippen molar-refractivity contribution in [2.75, 3.05) is 39.5 Å². The predicted molar refractivity (Wildman–Crippen MR) is 113 cm³/mol. The summed E-state index contributed by atoms with van der Waals surface area (Å²) < 4.78 is 49.1. The standard InChI is InChI=1S/C21H28N2O9S/c1-13-9-22(10-14(2)32-13)20(25)12-31-21(26)17-7-15(24)11-23(17)33(27,28)16-3-4-18-19(8-16)30-6-5-29-18/h3-4,8,13-15,17,24H,5-7,9-12H2,1-2H3/t13-,14+,15-,17-/m0/s1. The Labute approximate surface area is 192 Å². The van der Waals surface area contributed by atoms with Crippen molar-refractivity contribution in [1.82, 2.24) is 9.21 Å².